The summed E-state index contributed by atoms with van der Waals surface area (Å²) in [6.07, 6.45) is 0. The van der Waals surface area contributed by atoms with Gasteiger partial charge in [-0.3, -0.25) is 4.79 Å². The number of para-hydroxylation sites is 1. The van der Waals surface area contributed by atoms with Crippen molar-refractivity contribution in [1.82, 2.24) is 0 Å². The van der Waals surface area contributed by atoms with Crippen LogP contribution < -0.4 is 10.1 Å². The Balaban J connectivity index is 1.99. The van der Waals surface area contributed by atoms with E-state index in [2.05, 4.69) is 21.2 Å². The Kier molecular flexibility index (Phi) is 5.26. The molecule has 0 aromatic heterocycles. The molecule has 1 amide bonds. The van der Waals surface area contributed by atoms with Crippen molar-refractivity contribution in [3.05, 3.63) is 57.0 Å². The Morgan fingerprint density at radius 2 is 1.90 bits per heavy atom. The van der Waals surface area contributed by atoms with Crippen LogP contribution in [-0.4, -0.2) is 12.5 Å². The number of amides is 1. The standard InChI is InChI=1S/C16H15BrClNO2/c1-10-4-3-5-11(2)16(10)19-15(20)9-21-14-7-6-12(17)8-13(14)18/h3-8H,9H2,1-2H3,(H,19,20). The summed E-state index contributed by atoms with van der Waals surface area (Å²) < 4.78 is 6.30. The molecule has 2 aromatic rings. The molecule has 0 atom stereocenters. The van der Waals surface area contributed by atoms with Gasteiger partial charge in [0.1, 0.15) is 5.75 Å². The summed E-state index contributed by atoms with van der Waals surface area (Å²) in [6.45, 7) is 3.82. The quantitative estimate of drug-likeness (QED) is 0.846. The first-order chi connectivity index (χ1) is 9.97. The van der Waals surface area contributed by atoms with E-state index in [1.54, 1.807) is 12.1 Å². The Hall–Kier alpha value is -1.52. The van der Waals surface area contributed by atoms with Crippen LogP contribution in [0.4, 0.5) is 5.69 Å². The number of rotatable bonds is 4. The van der Waals surface area contributed by atoms with Crippen molar-refractivity contribution in [2.45, 2.75) is 13.8 Å². The van der Waals surface area contributed by atoms with Crippen molar-refractivity contribution in [1.29, 1.82) is 0 Å². The molecule has 21 heavy (non-hydrogen) atoms. The van der Waals surface area contributed by atoms with Crippen molar-refractivity contribution < 1.29 is 9.53 Å². The van der Waals surface area contributed by atoms with Crippen LogP contribution >= 0.6 is 27.5 Å². The second-order valence-corrected chi connectivity index (χ2v) is 6.00. The average molecular weight is 369 g/mol. The monoisotopic (exact) mass is 367 g/mol. The molecule has 0 aliphatic heterocycles. The van der Waals surface area contributed by atoms with E-state index >= 15 is 0 Å². The lowest BCUT2D eigenvalue weighted by Crippen LogP contribution is -2.21. The van der Waals surface area contributed by atoms with Gasteiger partial charge in [-0.15, -0.1) is 0 Å². The van der Waals surface area contributed by atoms with Crippen LogP contribution in [0.25, 0.3) is 0 Å². The van der Waals surface area contributed by atoms with Gasteiger partial charge in [-0.25, -0.2) is 0 Å². The van der Waals surface area contributed by atoms with E-state index in [9.17, 15) is 4.79 Å². The minimum atomic E-state index is -0.216. The topological polar surface area (TPSA) is 38.3 Å². The highest BCUT2D eigenvalue weighted by Crippen LogP contribution is 2.27. The molecule has 0 saturated carbocycles. The number of benzene rings is 2. The fourth-order valence-corrected chi connectivity index (χ4v) is 2.65. The number of halogens is 2. The first kappa shape index (κ1) is 15.9. The Bertz CT molecular complexity index is 653. The molecular formula is C16H15BrClNO2. The first-order valence-electron chi connectivity index (χ1n) is 6.41. The van der Waals surface area contributed by atoms with Gasteiger partial charge in [-0.2, -0.15) is 0 Å². The van der Waals surface area contributed by atoms with E-state index in [1.807, 2.05) is 38.1 Å². The predicted octanol–water partition coefficient (Wildman–Crippen LogP) is 4.74. The third-order valence-electron chi connectivity index (χ3n) is 3.00. The van der Waals surface area contributed by atoms with Crippen molar-refractivity contribution in [3.63, 3.8) is 0 Å². The molecule has 0 saturated heterocycles. The SMILES string of the molecule is Cc1cccc(C)c1NC(=O)COc1ccc(Br)cc1Cl. The number of hydrogen-bond acceptors (Lipinski definition) is 2. The fraction of sp³-hybridized carbons (Fsp3) is 0.188. The number of hydrogen-bond donors (Lipinski definition) is 1. The molecule has 1 N–H and O–H groups in total. The highest BCUT2D eigenvalue weighted by Gasteiger charge is 2.09. The Morgan fingerprint density at radius 1 is 1.24 bits per heavy atom. The van der Waals surface area contributed by atoms with E-state index in [4.69, 9.17) is 16.3 Å². The normalized spacial score (nSPS) is 10.3. The first-order valence-corrected chi connectivity index (χ1v) is 7.58. The Morgan fingerprint density at radius 3 is 2.52 bits per heavy atom. The average Bonchev–Trinajstić information content (AvgIpc) is 2.42. The molecule has 0 aliphatic rings. The molecule has 0 bridgehead atoms. The van der Waals surface area contributed by atoms with Crippen molar-refractivity contribution >= 4 is 39.1 Å². The molecule has 0 unspecified atom stereocenters. The minimum Gasteiger partial charge on any atom is -0.482 e. The maximum atomic E-state index is 12.0. The highest BCUT2D eigenvalue weighted by atomic mass is 79.9. The van der Waals surface area contributed by atoms with Gasteiger partial charge in [-0.1, -0.05) is 45.7 Å². The van der Waals surface area contributed by atoms with Crippen LogP contribution in [0, 0.1) is 13.8 Å². The molecule has 110 valence electrons. The molecule has 0 fully saturated rings. The van der Waals surface area contributed by atoms with Crippen LogP contribution in [0.3, 0.4) is 0 Å². The maximum absolute atomic E-state index is 12.0. The van der Waals surface area contributed by atoms with Gasteiger partial charge < -0.3 is 10.1 Å². The summed E-state index contributed by atoms with van der Waals surface area (Å²) in [5.41, 5.74) is 2.86. The van der Waals surface area contributed by atoms with Gasteiger partial charge >= 0.3 is 0 Å². The number of nitrogens with one attached hydrogen (secondary N) is 1. The summed E-state index contributed by atoms with van der Waals surface area (Å²) >= 11 is 9.35. The highest BCUT2D eigenvalue weighted by molar-refractivity contribution is 9.10. The number of carbonyl (C=O) groups is 1. The fourth-order valence-electron chi connectivity index (χ4n) is 1.92. The van der Waals surface area contributed by atoms with E-state index in [-0.39, 0.29) is 12.5 Å². The van der Waals surface area contributed by atoms with Crippen LogP contribution in [-0.2, 0) is 4.79 Å². The minimum absolute atomic E-state index is 0.0882. The summed E-state index contributed by atoms with van der Waals surface area (Å²) in [4.78, 5) is 12.0. The zero-order chi connectivity index (χ0) is 15.4. The zero-order valence-electron chi connectivity index (χ0n) is 11.7. The molecule has 5 heteroatoms. The summed E-state index contributed by atoms with van der Waals surface area (Å²) in [7, 11) is 0. The van der Waals surface area contributed by atoms with Crippen molar-refractivity contribution in [2.75, 3.05) is 11.9 Å². The predicted molar refractivity (Wildman–Crippen MR) is 89.2 cm³/mol. The summed E-state index contributed by atoms with van der Waals surface area (Å²) in [5, 5.41) is 3.33. The smallest absolute Gasteiger partial charge is 0.262 e. The molecule has 0 heterocycles. The third kappa shape index (κ3) is 4.22. The second-order valence-electron chi connectivity index (χ2n) is 4.68. The second kappa shape index (κ2) is 6.96. The van der Waals surface area contributed by atoms with Crippen LogP contribution in [0.5, 0.6) is 5.75 Å². The van der Waals surface area contributed by atoms with Crippen LogP contribution in [0.15, 0.2) is 40.9 Å². The third-order valence-corrected chi connectivity index (χ3v) is 3.79. The van der Waals surface area contributed by atoms with Crippen molar-refractivity contribution in [2.24, 2.45) is 0 Å². The number of anilines is 1. The molecule has 0 radical (unpaired) electrons. The lowest BCUT2D eigenvalue weighted by atomic mass is 10.1. The van der Waals surface area contributed by atoms with Crippen LogP contribution in [0.2, 0.25) is 5.02 Å². The van der Waals surface area contributed by atoms with Gasteiger partial charge in [0.15, 0.2) is 6.61 Å². The maximum Gasteiger partial charge on any atom is 0.262 e. The van der Waals surface area contributed by atoms with Gasteiger partial charge in [0.25, 0.3) is 5.91 Å². The van der Waals surface area contributed by atoms with Gasteiger partial charge in [0.05, 0.1) is 5.02 Å². The zero-order valence-corrected chi connectivity index (χ0v) is 14.1. The van der Waals surface area contributed by atoms with E-state index in [0.717, 1.165) is 21.3 Å². The lowest BCUT2D eigenvalue weighted by molar-refractivity contribution is -0.118. The number of ether oxygens (including phenoxy) is 1. The van der Waals surface area contributed by atoms with E-state index in [0.29, 0.717) is 10.8 Å². The number of aryl methyl sites for hydroxylation is 2. The molecular weight excluding hydrogens is 354 g/mol. The van der Waals surface area contributed by atoms with Crippen molar-refractivity contribution in [3.8, 4) is 5.75 Å². The molecule has 2 aromatic carbocycles. The summed E-state index contributed by atoms with van der Waals surface area (Å²) in [6, 6.07) is 11.1. The van der Waals surface area contributed by atoms with Gasteiger partial charge in [0, 0.05) is 10.2 Å². The van der Waals surface area contributed by atoms with Gasteiger partial charge in [0.2, 0.25) is 0 Å². The molecule has 0 spiro atoms. The van der Waals surface area contributed by atoms with Gasteiger partial charge in [-0.05, 0) is 43.2 Å². The molecule has 0 aliphatic carbocycles. The van der Waals surface area contributed by atoms with Crippen LogP contribution in [0.1, 0.15) is 11.1 Å². The largest absolute Gasteiger partial charge is 0.482 e. The summed E-state index contributed by atoms with van der Waals surface area (Å²) in [5.74, 6) is 0.267. The van der Waals surface area contributed by atoms with E-state index in [1.165, 1.54) is 0 Å². The molecule has 2 rings (SSSR count). The number of carbonyl (C=O) groups excluding carboxylic acids is 1. The van der Waals surface area contributed by atoms with E-state index < -0.39 is 0 Å². The Labute approximate surface area is 137 Å². The lowest BCUT2D eigenvalue weighted by Gasteiger charge is -2.12. The molecule has 3 nitrogen and oxygen atoms in total.